The number of carbonyl (C=O) groups is 4. The largest absolute Gasteiger partial charge is 0.494 e. The highest BCUT2D eigenvalue weighted by Crippen LogP contribution is 2.33. The van der Waals surface area contributed by atoms with Crippen LogP contribution in [0.4, 0.5) is 15.8 Å². The lowest BCUT2D eigenvalue weighted by Crippen LogP contribution is -2.58. The van der Waals surface area contributed by atoms with E-state index in [4.69, 9.17) is 9.47 Å². The lowest BCUT2D eigenvalue weighted by Gasteiger charge is -2.36. The molecule has 5 aromatic rings. The van der Waals surface area contributed by atoms with Crippen LogP contribution in [0.3, 0.4) is 0 Å². The number of nitrogens with zero attached hydrogens (tertiary/aromatic N) is 5. The van der Waals surface area contributed by atoms with Crippen LogP contribution in [0.15, 0.2) is 72.4 Å². The molecule has 0 radical (unpaired) electrons. The van der Waals surface area contributed by atoms with E-state index in [1.807, 2.05) is 45.9 Å². The summed E-state index contributed by atoms with van der Waals surface area (Å²) in [6.07, 6.45) is 3.87. The normalized spacial score (nSPS) is 16.2. The molecule has 2 fully saturated rings. The molecule has 0 saturated carbocycles. The van der Waals surface area contributed by atoms with Gasteiger partial charge in [0.2, 0.25) is 17.7 Å². The van der Waals surface area contributed by atoms with Crippen molar-refractivity contribution in [3.8, 4) is 27.6 Å². The first-order valence-electron chi connectivity index (χ1n) is 20.7. The molecule has 0 bridgehead atoms. The van der Waals surface area contributed by atoms with Crippen LogP contribution in [0.25, 0.3) is 21.8 Å². The molecule has 0 aliphatic carbocycles. The number of anilines is 2. The summed E-state index contributed by atoms with van der Waals surface area (Å²) in [6, 6.07) is 15.8. The number of aromatic nitrogens is 4. The van der Waals surface area contributed by atoms with Gasteiger partial charge >= 0.3 is 0 Å². The van der Waals surface area contributed by atoms with Crippen LogP contribution in [-0.2, 0) is 25.7 Å². The van der Waals surface area contributed by atoms with E-state index in [-0.39, 0.29) is 42.7 Å². The summed E-state index contributed by atoms with van der Waals surface area (Å²) < 4.78 is 26.8. The van der Waals surface area contributed by atoms with E-state index in [1.165, 1.54) is 22.3 Å². The van der Waals surface area contributed by atoms with E-state index in [2.05, 4.69) is 41.0 Å². The highest BCUT2D eigenvalue weighted by Gasteiger charge is 2.42. The van der Waals surface area contributed by atoms with Gasteiger partial charge in [0, 0.05) is 49.7 Å². The van der Waals surface area contributed by atoms with E-state index >= 15 is 4.39 Å². The topological polar surface area (TPSA) is 184 Å². The molecule has 7 rings (SSSR count). The quantitative estimate of drug-likeness (QED) is 0.101. The number of thiazole rings is 1. The zero-order valence-electron chi connectivity index (χ0n) is 35.5. The fraction of sp³-hybridized carbons (Fsp3) is 0.400. The highest BCUT2D eigenvalue weighted by atomic mass is 32.1. The summed E-state index contributed by atoms with van der Waals surface area (Å²) in [5.74, 6) is -1.44. The Hall–Kier alpha value is -6.20. The molecule has 326 valence electrons. The number of benzene rings is 2. The predicted molar refractivity (Wildman–Crippen MR) is 234 cm³/mol. The molecule has 5 heterocycles. The Morgan fingerprint density at radius 2 is 1.82 bits per heavy atom. The van der Waals surface area contributed by atoms with Crippen molar-refractivity contribution < 1.29 is 33.0 Å². The number of H-pyrrole nitrogens is 1. The van der Waals surface area contributed by atoms with Crippen LogP contribution < -0.4 is 25.6 Å². The Labute approximate surface area is 363 Å². The first-order valence-corrected chi connectivity index (χ1v) is 21.6. The van der Waals surface area contributed by atoms with E-state index in [9.17, 15) is 19.2 Å². The van der Waals surface area contributed by atoms with Crippen LogP contribution >= 0.6 is 11.3 Å². The molecule has 2 saturated heterocycles. The minimum atomic E-state index is -0.903. The van der Waals surface area contributed by atoms with Crippen LogP contribution in [0.5, 0.6) is 5.75 Å². The van der Waals surface area contributed by atoms with Gasteiger partial charge in [0.05, 0.1) is 46.4 Å². The summed E-state index contributed by atoms with van der Waals surface area (Å²) in [6.45, 7) is 8.93. The number of ether oxygens (including phenoxy) is 2. The molecule has 4 amide bonds. The van der Waals surface area contributed by atoms with E-state index in [1.54, 1.807) is 55.2 Å². The second-order valence-electron chi connectivity index (χ2n) is 16.6. The van der Waals surface area contributed by atoms with Gasteiger partial charge in [-0.15, -0.1) is 11.3 Å². The Morgan fingerprint density at radius 1 is 1.02 bits per heavy atom. The maximum Gasteiger partial charge on any atom is 0.274 e. The van der Waals surface area contributed by atoms with Crippen LogP contribution in [0, 0.1) is 18.2 Å². The van der Waals surface area contributed by atoms with Gasteiger partial charge in [-0.05, 0) is 80.0 Å². The number of amides is 4. The minimum Gasteiger partial charge on any atom is -0.494 e. The standard InChI is InChI=1S/C45H52FN9O6S/c1-27-40(62-26-48-27)28-11-12-29(32(46)22-28)24-47-43(58)37-10-7-19-55(37)44(59)41(45(2,3)4)52-39(56)25-61-31-16-20-54(21-17-31)30-13-14-35(38(23-30)60-5)51-42(57)36-9-6-8-33(50-36)34-15-18-49-53-34/h6,8-9,11-15,18,22-23,26,31,37,41H,7,10,16-17,19-21,24-25H2,1-5H3,(H,47,58)(H,49,53)(H,51,57)(H,52,56)/t37-,41+/m0/s1. The number of carbonyl (C=O) groups excluding carboxylic acids is 4. The van der Waals surface area contributed by atoms with Crippen molar-refractivity contribution >= 4 is 46.3 Å². The maximum atomic E-state index is 15.1. The van der Waals surface area contributed by atoms with E-state index in [0.29, 0.717) is 73.7 Å². The fourth-order valence-corrected chi connectivity index (χ4v) is 8.58. The van der Waals surface area contributed by atoms with Gasteiger partial charge in [-0.1, -0.05) is 39.0 Å². The predicted octanol–water partition coefficient (Wildman–Crippen LogP) is 6.13. The van der Waals surface area contributed by atoms with Gasteiger partial charge in [-0.25, -0.2) is 14.4 Å². The number of likely N-dealkylation sites (tertiary alicyclic amines) is 1. The van der Waals surface area contributed by atoms with Crippen LogP contribution in [-0.4, -0.2) is 100 Å². The van der Waals surface area contributed by atoms with Gasteiger partial charge in [0.15, 0.2) is 0 Å². The highest BCUT2D eigenvalue weighted by molar-refractivity contribution is 7.13. The second kappa shape index (κ2) is 19.2. The number of piperidine rings is 1. The summed E-state index contributed by atoms with van der Waals surface area (Å²) in [4.78, 5) is 67.3. The number of hydrogen-bond donors (Lipinski definition) is 4. The van der Waals surface area contributed by atoms with E-state index < -0.39 is 29.2 Å². The number of nitrogens with one attached hydrogen (secondary N) is 4. The number of aromatic amines is 1. The minimum absolute atomic E-state index is 0.0242. The summed E-state index contributed by atoms with van der Waals surface area (Å²) in [5.41, 5.74) is 5.92. The summed E-state index contributed by atoms with van der Waals surface area (Å²) >= 11 is 1.44. The zero-order chi connectivity index (χ0) is 44.0. The molecule has 62 heavy (non-hydrogen) atoms. The van der Waals surface area contributed by atoms with Crippen LogP contribution in [0.1, 0.15) is 68.2 Å². The first kappa shape index (κ1) is 43.9. The number of aryl methyl sites for hydroxylation is 1. The molecule has 3 aromatic heterocycles. The fourth-order valence-electron chi connectivity index (χ4n) is 7.78. The van der Waals surface area contributed by atoms with Crippen molar-refractivity contribution in [3.63, 3.8) is 0 Å². The smallest absolute Gasteiger partial charge is 0.274 e. The average Bonchev–Trinajstić information content (AvgIpc) is 4.08. The van der Waals surface area contributed by atoms with Crippen molar-refractivity contribution in [2.24, 2.45) is 5.41 Å². The van der Waals surface area contributed by atoms with Crippen molar-refractivity contribution in [2.75, 3.05) is 43.6 Å². The molecule has 2 aliphatic rings. The Morgan fingerprint density at radius 3 is 2.52 bits per heavy atom. The molecule has 2 atom stereocenters. The molecular formula is C45H52FN9O6S. The monoisotopic (exact) mass is 865 g/mol. The van der Waals surface area contributed by atoms with Gasteiger partial charge in [0.1, 0.15) is 36.0 Å². The SMILES string of the molecule is COc1cc(N2CCC(OCC(=O)N[C@H](C(=O)N3CCC[C@H]3C(=O)NCc3ccc(-c4scnc4C)cc3F)C(C)(C)C)CC2)ccc1NC(=O)c1cccc(-c2ccn[nH]2)n1. The van der Waals surface area contributed by atoms with Gasteiger partial charge < -0.3 is 35.2 Å². The molecule has 0 spiro atoms. The van der Waals surface area contributed by atoms with Gasteiger partial charge in [-0.2, -0.15) is 5.10 Å². The zero-order valence-corrected chi connectivity index (χ0v) is 36.3. The Balaban J connectivity index is 0.883. The van der Waals surface area contributed by atoms with E-state index in [0.717, 1.165) is 21.8 Å². The molecular weight excluding hydrogens is 814 g/mol. The third-order valence-electron chi connectivity index (χ3n) is 11.2. The number of methoxy groups -OCH3 is 1. The second-order valence-corrected chi connectivity index (χ2v) is 17.4. The maximum absolute atomic E-state index is 15.1. The number of hydrogen-bond acceptors (Lipinski definition) is 11. The Kier molecular flexibility index (Phi) is 13.6. The summed E-state index contributed by atoms with van der Waals surface area (Å²) in [5, 5.41) is 15.4. The summed E-state index contributed by atoms with van der Waals surface area (Å²) in [7, 11) is 1.55. The van der Waals surface area contributed by atoms with Crippen molar-refractivity contribution in [2.45, 2.75) is 78.1 Å². The van der Waals surface area contributed by atoms with Crippen LogP contribution in [0.2, 0.25) is 0 Å². The van der Waals surface area contributed by atoms with Gasteiger partial charge in [0.25, 0.3) is 5.91 Å². The molecule has 17 heteroatoms. The molecule has 2 aromatic carbocycles. The molecule has 4 N–H and O–H groups in total. The third-order valence-corrected chi connectivity index (χ3v) is 12.2. The lowest BCUT2D eigenvalue weighted by atomic mass is 9.85. The van der Waals surface area contributed by atoms with Crippen molar-refractivity contribution in [3.05, 3.63) is 95.1 Å². The number of halogens is 1. The average molecular weight is 866 g/mol. The molecule has 2 aliphatic heterocycles. The van der Waals surface area contributed by atoms with Crippen molar-refractivity contribution in [1.29, 1.82) is 0 Å². The Bertz CT molecular complexity index is 2390. The third kappa shape index (κ3) is 10.3. The molecule has 0 unspecified atom stereocenters. The lowest BCUT2D eigenvalue weighted by molar-refractivity contribution is -0.144. The van der Waals surface area contributed by atoms with Crippen molar-refractivity contribution in [1.82, 2.24) is 35.7 Å². The number of rotatable bonds is 14. The molecule has 15 nitrogen and oxygen atoms in total. The number of pyridine rings is 1. The first-order chi connectivity index (χ1) is 29.8. The van der Waals surface area contributed by atoms with Gasteiger partial charge in [-0.3, -0.25) is 24.3 Å².